The van der Waals surface area contributed by atoms with Crippen molar-refractivity contribution in [3.8, 4) is 11.5 Å². The molecular weight excluding hydrogens is 356 g/mol. The van der Waals surface area contributed by atoms with Crippen LogP contribution in [0.4, 0.5) is 11.4 Å². The average Bonchev–Trinajstić information content (AvgIpc) is 3.46. The third-order valence-electron chi connectivity index (χ3n) is 3.86. The molecule has 0 aliphatic heterocycles. The fourth-order valence-electron chi connectivity index (χ4n) is 2.34. The predicted molar refractivity (Wildman–Crippen MR) is 99.9 cm³/mol. The number of carbonyl (C=O) groups excluding carboxylic acids is 2. The lowest BCUT2D eigenvalue weighted by atomic mass is 10.3. The summed E-state index contributed by atoms with van der Waals surface area (Å²) in [7, 11) is 1.52. The molecule has 6 nitrogen and oxygen atoms in total. The number of anilines is 2. The van der Waals surface area contributed by atoms with Crippen molar-refractivity contribution in [3.05, 3.63) is 47.5 Å². The summed E-state index contributed by atoms with van der Waals surface area (Å²) in [5, 5.41) is 5.95. The highest BCUT2D eigenvalue weighted by molar-refractivity contribution is 6.32. The fraction of sp³-hybridized carbons (Fsp3) is 0.263. The van der Waals surface area contributed by atoms with E-state index in [9.17, 15) is 9.59 Å². The summed E-state index contributed by atoms with van der Waals surface area (Å²) >= 11 is 6.03. The van der Waals surface area contributed by atoms with E-state index in [0.717, 1.165) is 12.8 Å². The quantitative estimate of drug-likeness (QED) is 0.774. The van der Waals surface area contributed by atoms with E-state index < -0.39 is 0 Å². The summed E-state index contributed by atoms with van der Waals surface area (Å²) in [6.45, 7) is -0.163. The number of ether oxygens (including phenoxy) is 2. The zero-order valence-corrected chi connectivity index (χ0v) is 15.0. The number of hydrogen-bond donors (Lipinski definition) is 2. The molecule has 7 heteroatoms. The minimum absolute atomic E-state index is 0.0243. The maximum atomic E-state index is 12.0. The topological polar surface area (TPSA) is 76.7 Å². The number of rotatable bonds is 7. The standard InChI is InChI=1S/C19H19ClN2O4/c1-25-17-8-7-14(10-16(17)20)21-18(23)11-26-15-4-2-3-13(9-15)22-19(24)12-5-6-12/h2-4,7-10,12H,5-6,11H2,1H3,(H,21,23)(H,22,24). The molecule has 2 aromatic carbocycles. The van der Waals surface area contributed by atoms with Crippen molar-refractivity contribution >= 4 is 34.8 Å². The van der Waals surface area contributed by atoms with Crippen LogP contribution in [0.1, 0.15) is 12.8 Å². The van der Waals surface area contributed by atoms with E-state index in [1.165, 1.54) is 7.11 Å². The summed E-state index contributed by atoms with van der Waals surface area (Å²) in [5.41, 5.74) is 1.21. The van der Waals surface area contributed by atoms with Crippen LogP contribution in [0.3, 0.4) is 0 Å². The molecule has 1 fully saturated rings. The second-order valence-corrected chi connectivity index (χ2v) is 6.38. The number of hydrogen-bond acceptors (Lipinski definition) is 4. The Morgan fingerprint density at radius 3 is 2.58 bits per heavy atom. The van der Waals surface area contributed by atoms with E-state index in [-0.39, 0.29) is 24.3 Å². The first-order valence-corrected chi connectivity index (χ1v) is 8.60. The number of benzene rings is 2. The number of carbonyl (C=O) groups is 2. The normalized spacial score (nSPS) is 13.0. The third kappa shape index (κ3) is 4.89. The number of halogens is 1. The lowest BCUT2D eigenvalue weighted by Crippen LogP contribution is -2.20. The Hall–Kier alpha value is -2.73. The summed E-state index contributed by atoms with van der Waals surface area (Å²) in [4.78, 5) is 23.8. The summed E-state index contributed by atoms with van der Waals surface area (Å²) in [5.74, 6) is 0.865. The number of nitrogens with one attached hydrogen (secondary N) is 2. The van der Waals surface area contributed by atoms with Crippen LogP contribution >= 0.6 is 11.6 Å². The summed E-state index contributed by atoms with van der Waals surface area (Å²) < 4.78 is 10.6. The second kappa shape index (κ2) is 8.10. The minimum atomic E-state index is -0.321. The number of methoxy groups -OCH3 is 1. The first-order valence-electron chi connectivity index (χ1n) is 8.22. The largest absolute Gasteiger partial charge is 0.495 e. The van der Waals surface area contributed by atoms with Crippen molar-refractivity contribution in [1.82, 2.24) is 0 Å². The molecule has 136 valence electrons. The summed E-state index contributed by atoms with van der Waals surface area (Å²) in [6.07, 6.45) is 1.88. The summed E-state index contributed by atoms with van der Waals surface area (Å²) in [6, 6.07) is 11.9. The Labute approximate surface area is 156 Å². The SMILES string of the molecule is COc1ccc(NC(=O)COc2cccc(NC(=O)C3CC3)c2)cc1Cl. The average molecular weight is 375 g/mol. The van der Waals surface area contributed by atoms with Crippen LogP contribution in [0.5, 0.6) is 11.5 Å². The smallest absolute Gasteiger partial charge is 0.262 e. The van der Waals surface area contributed by atoms with Gasteiger partial charge in [-0.05, 0) is 43.2 Å². The molecular formula is C19H19ClN2O4. The van der Waals surface area contributed by atoms with Crippen LogP contribution in [0.15, 0.2) is 42.5 Å². The van der Waals surface area contributed by atoms with E-state index in [1.54, 1.807) is 42.5 Å². The molecule has 0 atom stereocenters. The Kier molecular flexibility index (Phi) is 5.63. The van der Waals surface area contributed by atoms with Gasteiger partial charge in [0.2, 0.25) is 5.91 Å². The Balaban J connectivity index is 1.52. The van der Waals surface area contributed by atoms with Crippen LogP contribution < -0.4 is 20.1 Å². The van der Waals surface area contributed by atoms with E-state index in [0.29, 0.717) is 27.9 Å². The van der Waals surface area contributed by atoms with Crippen molar-refractivity contribution < 1.29 is 19.1 Å². The van der Waals surface area contributed by atoms with Crippen molar-refractivity contribution in [2.45, 2.75) is 12.8 Å². The van der Waals surface area contributed by atoms with Gasteiger partial charge in [-0.2, -0.15) is 0 Å². The highest BCUT2D eigenvalue weighted by atomic mass is 35.5. The maximum Gasteiger partial charge on any atom is 0.262 e. The van der Waals surface area contributed by atoms with Gasteiger partial charge in [-0.25, -0.2) is 0 Å². The lowest BCUT2D eigenvalue weighted by molar-refractivity contribution is -0.118. The molecule has 1 saturated carbocycles. The van der Waals surface area contributed by atoms with Gasteiger partial charge in [-0.15, -0.1) is 0 Å². The fourth-order valence-corrected chi connectivity index (χ4v) is 2.60. The van der Waals surface area contributed by atoms with Crippen LogP contribution in [0.25, 0.3) is 0 Å². The van der Waals surface area contributed by atoms with Crippen molar-refractivity contribution in [2.75, 3.05) is 24.4 Å². The van der Waals surface area contributed by atoms with Crippen molar-refractivity contribution in [1.29, 1.82) is 0 Å². The monoisotopic (exact) mass is 374 g/mol. The molecule has 26 heavy (non-hydrogen) atoms. The highest BCUT2D eigenvalue weighted by Gasteiger charge is 2.29. The molecule has 2 N–H and O–H groups in total. The van der Waals surface area contributed by atoms with Crippen LogP contribution in [0, 0.1) is 5.92 Å². The van der Waals surface area contributed by atoms with Crippen LogP contribution in [0.2, 0.25) is 5.02 Å². The molecule has 0 saturated heterocycles. The third-order valence-corrected chi connectivity index (χ3v) is 4.15. The Bertz CT molecular complexity index is 821. The molecule has 2 aromatic rings. The molecule has 3 rings (SSSR count). The van der Waals surface area contributed by atoms with E-state index in [4.69, 9.17) is 21.1 Å². The van der Waals surface area contributed by atoms with E-state index in [1.807, 2.05) is 0 Å². The minimum Gasteiger partial charge on any atom is -0.495 e. The molecule has 0 unspecified atom stereocenters. The van der Waals surface area contributed by atoms with Gasteiger partial charge in [0, 0.05) is 23.4 Å². The maximum absolute atomic E-state index is 12.0. The molecule has 0 heterocycles. The van der Waals surface area contributed by atoms with Gasteiger partial charge in [0.05, 0.1) is 12.1 Å². The molecule has 2 amide bonds. The van der Waals surface area contributed by atoms with Gasteiger partial charge in [0.25, 0.3) is 5.91 Å². The zero-order valence-electron chi connectivity index (χ0n) is 14.3. The van der Waals surface area contributed by atoms with Gasteiger partial charge >= 0.3 is 0 Å². The zero-order chi connectivity index (χ0) is 18.5. The lowest BCUT2D eigenvalue weighted by Gasteiger charge is -2.10. The highest BCUT2D eigenvalue weighted by Crippen LogP contribution is 2.30. The van der Waals surface area contributed by atoms with Crippen molar-refractivity contribution in [3.63, 3.8) is 0 Å². The number of amides is 2. The molecule has 0 aromatic heterocycles. The predicted octanol–water partition coefficient (Wildman–Crippen LogP) is 3.71. The molecule has 0 radical (unpaired) electrons. The van der Waals surface area contributed by atoms with Crippen LogP contribution in [-0.4, -0.2) is 25.5 Å². The van der Waals surface area contributed by atoms with E-state index >= 15 is 0 Å². The van der Waals surface area contributed by atoms with Gasteiger partial charge < -0.3 is 20.1 Å². The van der Waals surface area contributed by atoms with Gasteiger partial charge in [-0.3, -0.25) is 9.59 Å². The van der Waals surface area contributed by atoms with Gasteiger partial charge in [0.15, 0.2) is 6.61 Å². The van der Waals surface area contributed by atoms with Gasteiger partial charge in [0.1, 0.15) is 11.5 Å². The van der Waals surface area contributed by atoms with Gasteiger partial charge in [-0.1, -0.05) is 17.7 Å². The Morgan fingerprint density at radius 1 is 1.12 bits per heavy atom. The van der Waals surface area contributed by atoms with Crippen LogP contribution in [-0.2, 0) is 9.59 Å². The van der Waals surface area contributed by atoms with Crippen molar-refractivity contribution in [2.24, 2.45) is 5.92 Å². The molecule has 1 aliphatic rings. The molecule has 1 aliphatic carbocycles. The first-order chi connectivity index (χ1) is 12.5. The molecule has 0 spiro atoms. The van der Waals surface area contributed by atoms with E-state index in [2.05, 4.69) is 10.6 Å². The first kappa shape index (κ1) is 18.1. The second-order valence-electron chi connectivity index (χ2n) is 5.98. The Morgan fingerprint density at radius 2 is 1.88 bits per heavy atom. The molecule has 0 bridgehead atoms.